The van der Waals surface area contributed by atoms with Crippen molar-refractivity contribution in [3.8, 4) is 11.3 Å². The van der Waals surface area contributed by atoms with Gasteiger partial charge in [-0.25, -0.2) is 4.98 Å². The lowest BCUT2D eigenvalue weighted by molar-refractivity contribution is 0.0787. The van der Waals surface area contributed by atoms with E-state index in [9.17, 15) is 0 Å². The Hall–Kier alpha value is -1.39. The van der Waals surface area contributed by atoms with Gasteiger partial charge in [-0.2, -0.15) is 0 Å². The van der Waals surface area contributed by atoms with E-state index < -0.39 is 0 Å². The standard InChI is InChI=1S/C16H20N2OS/c1-11(2)19-9-5-8-17-16-18-15-13-7-4-3-6-12(13)10-14(15)20-16/h3-4,6-7,11H,5,8-10H2,1-2H3,(H,17,18). The lowest BCUT2D eigenvalue weighted by Gasteiger charge is -2.07. The van der Waals surface area contributed by atoms with Crippen molar-refractivity contribution in [2.45, 2.75) is 32.8 Å². The van der Waals surface area contributed by atoms with E-state index in [1.807, 2.05) is 0 Å². The van der Waals surface area contributed by atoms with E-state index in [1.54, 1.807) is 11.3 Å². The molecular formula is C16H20N2OS. The molecule has 0 amide bonds. The van der Waals surface area contributed by atoms with Gasteiger partial charge in [-0.1, -0.05) is 24.3 Å². The molecule has 0 atom stereocenters. The first-order valence-corrected chi connectivity index (χ1v) is 7.99. The summed E-state index contributed by atoms with van der Waals surface area (Å²) in [5.41, 5.74) is 3.87. The first kappa shape index (κ1) is 13.6. The molecule has 4 heteroatoms. The summed E-state index contributed by atoms with van der Waals surface area (Å²) >= 11 is 1.78. The molecule has 1 aliphatic rings. The van der Waals surface area contributed by atoms with Crippen LogP contribution in [0.5, 0.6) is 0 Å². The molecule has 3 rings (SSSR count). The molecule has 0 radical (unpaired) electrons. The molecule has 0 aliphatic heterocycles. The van der Waals surface area contributed by atoms with Crippen molar-refractivity contribution in [3.05, 3.63) is 34.7 Å². The molecule has 1 N–H and O–H groups in total. The topological polar surface area (TPSA) is 34.1 Å². The highest BCUT2D eigenvalue weighted by Crippen LogP contribution is 2.40. The fourth-order valence-electron chi connectivity index (χ4n) is 2.42. The Balaban J connectivity index is 1.57. The Morgan fingerprint density at radius 3 is 3.05 bits per heavy atom. The third-order valence-corrected chi connectivity index (χ3v) is 4.38. The lowest BCUT2D eigenvalue weighted by atomic mass is 10.1. The predicted octanol–water partition coefficient (Wildman–Crippen LogP) is 3.94. The molecule has 1 aromatic carbocycles. The van der Waals surface area contributed by atoms with E-state index in [1.165, 1.54) is 21.7 Å². The maximum absolute atomic E-state index is 5.53. The zero-order valence-corrected chi connectivity index (χ0v) is 12.8. The van der Waals surface area contributed by atoms with Gasteiger partial charge in [0.05, 0.1) is 11.8 Å². The van der Waals surface area contributed by atoms with Gasteiger partial charge in [0.25, 0.3) is 0 Å². The maximum atomic E-state index is 5.53. The molecule has 0 saturated heterocycles. The third kappa shape index (κ3) is 2.86. The Morgan fingerprint density at radius 1 is 1.35 bits per heavy atom. The number of hydrogen-bond acceptors (Lipinski definition) is 4. The number of hydrogen-bond donors (Lipinski definition) is 1. The van der Waals surface area contributed by atoms with Crippen LogP contribution in [-0.4, -0.2) is 24.2 Å². The third-order valence-electron chi connectivity index (χ3n) is 3.37. The van der Waals surface area contributed by atoms with E-state index in [-0.39, 0.29) is 0 Å². The SMILES string of the molecule is CC(C)OCCCNc1nc2c(s1)Cc1ccccc1-2. The number of nitrogens with zero attached hydrogens (tertiary/aromatic N) is 1. The monoisotopic (exact) mass is 288 g/mol. The number of anilines is 1. The molecule has 1 aliphatic carbocycles. The Kier molecular flexibility index (Phi) is 4.03. The van der Waals surface area contributed by atoms with Gasteiger partial charge in [-0.3, -0.25) is 0 Å². The lowest BCUT2D eigenvalue weighted by Crippen LogP contribution is -2.09. The van der Waals surface area contributed by atoms with Gasteiger partial charge in [0, 0.05) is 30.0 Å². The van der Waals surface area contributed by atoms with Crippen LogP contribution in [0.3, 0.4) is 0 Å². The largest absolute Gasteiger partial charge is 0.379 e. The molecule has 106 valence electrons. The summed E-state index contributed by atoms with van der Waals surface area (Å²) in [6.07, 6.45) is 2.36. The highest BCUT2D eigenvalue weighted by molar-refractivity contribution is 7.16. The summed E-state index contributed by atoms with van der Waals surface area (Å²) in [5.74, 6) is 0. The van der Waals surface area contributed by atoms with Crippen LogP contribution in [0.2, 0.25) is 0 Å². The van der Waals surface area contributed by atoms with E-state index in [0.29, 0.717) is 6.10 Å². The molecule has 0 fully saturated rings. The maximum Gasteiger partial charge on any atom is 0.183 e. The summed E-state index contributed by atoms with van der Waals surface area (Å²) < 4.78 is 5.53. The second kappa shape index (κ2) is 5.94. The molecule has 0 saturated carbocycles. The van der Waals surface area contributed by atoms with Crippen molar-refractivity contribution in [3.63, 3.8) is 0 Å². The molecule has 2 aromatic rings. The number of thiazole rings is 1. The minimum absolute atomic E-state index is 0.315. The van der Waals surface area contributed by atoms with Gasteiger partial charge in [-0.05, 0) is 25.8 Å². The molecule has 0 spiro atoms. The molecule has 20 heavy (non-hydrogen) atoms. The van der Waals surface area contributed by atoms with Crippen molar-refractivity contribution < 1.29 is 4.74 Å². The number of nitrogens with one attached hydrogen (secondary N) is 1. The second-order valence-corrected chi connectivity index (χ2v) is 6.41. The predicted molar refractivity (Wildman–Crippen MR) is 84.6 cm³/mol. The first-order chi connectivity index (χ1) is 9.74. The van der Waals surface area contributed by atoms with Gasteiger partial charge < -0.3 is 10.1 Å². The number of rotatable bonds is 6. The van der Waals surface area contributed by atoms with Gasteiger partial charge in [0.2, 0.25) is 0 Å². The molecular weight excluding hydrogens is 268 g/mol. The molecule has 1 heterocycles. The van der Waals surface area contributed by atoms with Gasteiger partial charge in [0.15, 0.2) is 5.13 Å². The fourth-order valence-corrected chi connectivity index (χ4v) is 3.45. The molecule has 3 nitrogen and oxygen atoms in total. The van der Waals surface area contributed by atoms with Crippen LogP contribution in [0, 0.1) is 0 Å². The van der Waals surface area contributed by atoms with Crippen LogP contribution in [0.4, 0.5) is 5.13 Å². The zero-order chi connectivity index (χ0) is 13.9. The summed E-state index contributed by atoms with van der Waals surface area (Å²) in [6.45, 7) is 5.85. The second-order valence-electron chi connectivity index (χ2n) is 5.32. The van der Waals surface area contributed by atoms with E-state index in [0.717, 1.165) is 31.1 Å². The van der Waals surface area contributed by atoms with Crippen LogP contribution in [0.1, 0.15) is 30.7 Å². The Bertz CT molecular complexity index is 592. The number of fused-ring (bicyclic) bond motifs is 3. The number of ether oxygens (including phenoxy) is 1. The highest BCUT2D eigenvalue weighted by atomic mass is 32.1. The first-order valence-electron chi connectivity index (χ1n) is 7.17. The summed E-state index contributed by atoms with van der Waals surface area (Å²) in [6, 6.07) is 8.55. The zero-order valence-electron chi connectivity index (χ0n) is 12.0. The normalized spacial score (nSPS) is 12.6. The van der Waals surface area contributed by atoms with Gasteiger partial charge in [0.1, 0.15) is 0 Å². The van der Waals surface area contributed by atoms with Crippen LogP contribution in [-0.2, 0) is 11.2 Å². The van der Waals surface area contributed by atoms with Crippen LogP contribution in [0.15, 0.2) is 24.3 Å². The number of aromatic nitrogens is 1. The Labute approximate surface area is 124 Å². The average Bonchev–Trinajstić information content (AvgIpc) is 2.95. The Morgan fingerprint density at radius 2 is 2.20 bits per heavy atom. The van der Waals surface area contributed by atoms with Crippen LogP contribution >= 0.6 is 11.3 Å². The van der Waals surface area contributed by atoms with Crippen LogP contribution in [0.25, 0.3) is 11.3 Å². The summed E-state index contributed by atoms with van der Waals surface area (Å²) in [4.78, 5) is 6.11. The van der Waals surface area contributed by atoms with Gasteiger partial charge in [-0.15, -0.1) is 11.3 Å². The molecule has 0 bridgehead atoms. The van der Waals surface area contributed by atoms with Crippen molar-refractivity contribution in [2.24, 2.45) is 0 Å². The summed E-state index contributed by atoms with van der Waals surface area (Å²) in [7, 11) is 0. The van der Waals surface area contributed by atoms with E-state index >= 15 is 0 Å². The summed E-state index contributed by atoms with van der Waals surface area (Å²) in [5, 5.41) is 4.44. The van der Waals surface area contributed by atoms with Crippen LogP contribution < -0.4 is 5.32 Å². The van der Waals surface area contributed by atoms with Crippen molar-refractivity contribution in [1.29, 1.82) is 0 Å². The number of benzene rings is 1. The van der Waals surface area contributed by atoms with E-state index in [4.69, 9.17) is 9.72 Å². The fraction of sp³-hybridized carbons (Fsp3) is 0.438. The van der Waals surface area contributed by atoms with E-state index in [2.05, 4.69) is 43.4 Å². The smallest absolute Gasteiger partial charge is 0.183 e. The highest BCUT2D eigenvalue weighted by Gasteiger charge is 2.22. The van der Waals surface area contributed by atoms with Crippen molar-refractivity contribution >= 4 is 16.5 Å². The van der Waals surface area contributed by atoms with Crippen molar-refractivity contribution in [1.82, 2.24) is 4.98 Å². The minimum Gasteiger partial charge on any atom is -0.379 e. The molecule has 1 aromatic heterocycles. The molecule has 0 unspecified atom stereocenters. The van der Waals surface area contributed by atoms with Gasteiger partial charge >= 0.3 is 0 Å². The van der Waals surface area contributed by atoms with Crippen molar-refractivity contribution in [2.75, 3.05) is 18.5 Å². The minimum atomic E-state index is 0.315. The quantitative estimate of drug-likeness (QED) is 0.698. The average molecular weight is 288 g/mol.